The van der Waals surface area contributed by atoms with E-state index in [2.05, 4.69) is 5.32 Å². The fourth-order valence-corrected chi connectivity index (χ4v) is 3.80. The molecular formula is C15H22N2O3S. The van der Waals surface area contributed by atoms with Gasteiger partial charge in [-0.3, -0.25) is 4.79 Å². The van der Waals surface area contributed by atoms with Crippen LogP contribution >= 0.6 is 0 Å². The summed E-state index contributed by atoms with van der Waals surface area (Å²) in [5.41, 5.74) is 0.637. The number of sulfonamides is 1. The van der Waals surface area contributed by atoms with E-state index in [1.807, 2.05) is 20.8 Å². The van der Waals surface area contributed by atoms with Crippen LogP contribution in [0.2, 0.25) is 0 Å². The molecule has 5 nitrogen and oxygen atoms in total. The molecule has 116 valence electrons. The topological polar surface area (TPSA) is 66.5 Å². The summed E-state index contributed by atoms with van der Waals surface area (Å²) in [4.78, 5) is 12.1. The smallest absolute Gasteiger partial charge is 0.243 e. The molecule has 0 heterocycles. The van der Waals surface area contributed by atoms with E-state index in [9.17, 15) is 13.2 Å². The predicted molar refractivity (Wildman–Crippen MR) is 82.4 cm³/mol. The molecule has 1 aliphatic carbocycles. The van der Waals surface area contributed by atoms with Crippen LogP contribution in [-0.2, 0) is 14.8 Å². The molecule has 0 bridgehead atoms. The second kappa shape index (κ2) is 6.15. The van der Waals surface area contributed by atoms with Crippen molar-refractivity contribution >= 4 is 21.6 Å². The SMILES string of the molecule is CCN(CC)S(=O)(=O)c1ccc(NC(=O)[C@@H]2C[C@H]2C)cc1. The summed E-state index contributed by atoms with van der Waals surface area (Å²) in [7, 11) is -3.44. The molecule has 0 saturated heterocycles. The van der Waals surface area contributed by atoms with Gasteiger partial charge in [0.1, 0.15) is 0 Å². The van der Waals surface area contributed by atoms with Crippen molar-refractivity contribution in [3.05, 3.63) is 24.3 Å². The molecule has 2 rings (SSSR count). The Hall–Kier alpha value is -1.40. The van der Waals surface area contributed by atoms with Gasteiger partial charge in [0, 0.05) is 24.7 Å². The van der Waals surface area contributed by atoms with Gasteiger partial charge in [0.2, 0.25) is 15.9 Å². The molecule has 21 heavy (non-hydrogen) atoms. The molecule has 1 aromatic carbocycles. The van der Waals surface area contributed by atoms with E-state index >= 15 is 0 Å². The maximum Gasteiger partial charge on any atom is 0.243 e. The number of anilines is 1. The standard InChI is InChI=1S/C15H22N2O3S/c1-4-17(5-2)21(19,20)13-8-6-12(7-9-13)16-15(18)14-10-11(14)3/h6-9,11,14H,4-5,10H2,1-3H3,(H,16,18)/t11-,14-/m1/s1. The van der Waals surface area contributed by atoms with Crippen molar-refractivity contribution in [3.63, 3.8) is 0 Å². The minimum atomic E-state index is -3.44. The van der Waals surface area contributed by atoms with Crippen LogP contribution in [0.1, 0.15) is 27.2 Å². The number of carbonyl (C=O) groups is 1. The maximum absolute atomic E-state index is 12.3. The van der Waals surface area contributed by atoms with Gasteiger partial charge in [-0.15, -0.1) is 0 Å². The summed E-state index contributed by atoms with van der Waals surface area (Å²) < 4.78 is 26.1. The first-order valence-corrected chi connectivity index (χ1v) is 8.75. The second-order valence-electron chi connectivity index (χ2n) is 5.42. The van der Waals surface area contributed by atoms with Crippen LogP contribution in [0.25, 0.3) is 0 Å². The average Bonchev–Trinajstić information content (AvgIpc) is 3.18. The van der Waals surface area contributed by atoms with Gasteiger partial charge in [-0.2, -0.15) is 4.31 Å². The van der Waals surface area contributed by atoms with Gasteiger partial charge in [0.25, 0.3) is 0 Å². The number of hydrogen-bond donors (Lipinski definition) is 1. The van der Waals surface area contributed by atoms with Crippen molar-refractivity contribution < 1.29 is 13.2 Å². The van der Waals surface area contributed by atoms with Gasteiger partial charge in [-0.1, -0.05) is 20.8 Å². The zero-order chi connectivity index (χ0) is 15.6. The molecular weight excluding hydrogens is 288 g/mol. The van der Waals surface area contributed by atoms with Crippen LogP contribution in [0.3, 0.4) is 0 Å². The average molecular weight is 310 g/mol. The van der Waals surface area contributed by atoms with Crippen molar-refractivity contribution in [1.29, 1.82) is 0 Å². The molecule has 2 atom stereocenters. The Morgan fingerprint density at radius 3 is 2.19 bits per heavy atom. The second-order valence-corrected chi connectivity index (χ2v) is 7.36. The number of nitrogens with zero attached hydrogens (tertiary/aromatic N) is 1. The summed E-state index contributed by atoms with van der Waals surface area (Å²) in [6.07, 6.45) is 0.931. The van der Waals surface area contributed by atoms with E-state index < -0.39 is 10.0 Å². The number of amides is 1. The molecule has 0 aromatic heterocycles. The van der Waals surface area contributed by atoms with Crippen molar-refractivity contribution in [2.45, 2.75) is 32.1 Å². The number of benzene rings is 1. The van der Waals surface area contributed by atoms with Gasteiger partial charge in [-0.05, 0) is 36.6 Å². The third-order valence-electron chi connectivity index (χ3n) is 3.91. The van der Waals surface area contributed by atoms with Gasteiger partial charge in [0.15, 0.2) is 0 Å². The Morgan fingerprint density at radius 1 is 1.24 bits per heavy atom. The zero-order valence-electron chi connectivity index (χ0n) is 12.7. The lowest BCUT2D eigenvalue weighted by Crippen LogP contribution is -2.30. The quantitative estimate of drug-likeness (QED) is 0.877. The van der Waals surface area contributed by atoms with Crippen LogP contribution in [-0.4, -0.2) is 31.7 Å². The highest BCUT2D eigenvalue weighted by Gasteiger charge is 2.39. The van der Waals surface area contributed by atoms with E-state index in [4.69, 9.17) is 0 Å². The van der Waals surface area contributed by atoms with Gasteiger partial charge in [0.05, 0.1) is 4.90 Å². The van der Waals surface area contributed by atoms with Crippen LogP contribution < -0.4 is 5.32 Å². The zero-order valence-corrected chi connectivity index (χ0v) is 13.5. The summed E-state index contributed by atoms with van der Waals surface area (Å²) in [6, 6.07) is 6.36. The lowest BCUT2D eigenvalue weighted by molar-refractivity contribution is -0.117. The normalized spacial score (nSPS) is 21.3. The highest BCUT2D eigenvalue weighted by molar-refractivity contribution is 7.89. The number of carbonyl (C=O) groups excluding carboxylic acids is 1. The number of nitrogens with one attached hydrogen (secondary N) is 1. The molecule has 1 fully saturated rings. The van der Waals surface area contributed by atoms with E-state index in [1.165, 1.54) is 4.31 Å². The highest BCUT2D eigenvalue weighted by Crippen LogP contribution is 2.38. The summed E-state index contributed by atoms with van der Waals surface area (Å²) >= 11 is 0. The Labute approximate surface area is 126 Å². The first-order chi connectivity index (χ1) is 9.90. The predicted octanol–water partition coefficient (Wildman–Crippen LogP) is 2.31. The van der Waals surface area contributed by atoms with E-state index in [0.717, 1.165) is 6.42 Å². The Balaban J connectivity index is 2.10. The monoisotopic (exact) mass is 310 g/mol. The largest absolute Gasteiger partial charge is 0.326 e. The molecule has 6 heteroatoms. The molecule has 0 aliphatic heterocycles. The maximum atomic E-state index is 12.3. The third-order valence-corrected chi connectivity index (χ3v) is 5.98. The van der Waals surface area contributed by atoms with E-state index in [0.29, 0.717) is 24.7 Å². The number of hydrogen-bond acceptors (Lipinski definition) is 3. The Bertz CT molecular complexity index is 606. The van der Waals surface area contributed by atoms with Gasteiger partial charge >= 0.3 is 0 Å². The van der Waals surface area contributed by atoms with Crippen molar-refractivity contribution in [1.82, 2.24) is 4.31 Å². The van der Waals surface area contributed by atoms with E-state index in [1.54, 1.807) is 24.3 Å². The van der Waals surface area contributed by atoms with Crippen molar-refractivity contribution in [2.75, 3.05) is 18.4 Å². The summed E-state index contributed by atoms with van der Waals surface area (Å²) in [5.74, 6) is 0.568. The van der Waals surface area contributed by atoms with Crippen LogP contribution in [0.5, 0.6) is 0 Å². The number of rotatable bonds is 6. The lowest BCUT2D eigenvalue weighted by atomic mass is 10.3. The molecule has 1 saturated carbocycles. The minimum absolute atomic E-state index is 0.0156. The van der Waals surface area contributed by atoms with Crippen LogP contribution in [0, 0.1) is 11.8 Å². The van der Waals surface area contributed by atoms with Gasteiger partial charge < -0.3 is 5.32 Å². The Kier molecular flexibility index (Phi) is 4.68. The lowest BCUT2D eigenvalue weighted by Gasteiger charge is -2.18. The van der Waals surface area contributed by atoms with Crippen molar-refractivity contribution in [2.24, 2.45) is 11.8 Å². The Morgan fingerprint density at radius 2 is 1.76 bits per heavy atom. The molecule has 0 unspecified atom stereocenters. The molecule has 1 aliphatic rings. The first kappa shape index (κ1) is 16.0. The summed E-state index contributed by atoms with van der Waals surface area (Å²) in [6.45, 7) is 6.55. The highest BCUT2D eigenvalue weighted by atomic mass is 32.2. The fraction of sp³-hybridized carbons (Fsp3) is 0.533. The van der Waals surface area contributed by atoms with Crippen LogP contribution in [0.4, 0.5) is 5.69 Å². The summed E-state index contributed by atoms with van der Waals surface area (Å²) in [5, 5.41) is 2.82. The fourth-order valence-electron chi connectivity index (χ4n) is 2.35. The molecule has 0 spiro atoms. The van der Waals surface area contributed by atoms with Crippen molar-refractivity contribution in [3.8, 4) is 0 Å². The van der Waals surface area contributed by atoms with E-state index in [-0.39, 0.29) is 16.7 Å². The molecule has 1 amide bonds. The molecule has 0 radical (unpaired) electrons. The third kappa shape index (κ3) is 3.44. The molecule has 1 aromatic rings. The van der Waals surface area contributed by atoms with Gasteiger partial charge in [-0.25, -0.2) is 8.42 Å². The first-order valence-electron chi connectivity index (χ1n) is 7.31. The minimum Gasteiger partial charge on any atom is -0.326 e. The van der Waals surface area contributed by atoms with Crippen LogP contribution in [0.15, 0.2) is 29.2 Å². The molecule has 1 N–H and O–H groups in total.